The SMILES string of the molecule is O=C(CCCCc1ccccc1)CO[P+](=O)OCC(=O)CCCCc1ccccc1. The Balaban J connectivity index is 1.45. The van der Waals surface area contributed by atoms with Crippen molar-refractivity contribution < 1.29 is 23.2 Å². The molecule has 0 saturated heterocycles. The van der Waals surface area contributed by atoms with Gasteiger partial charge >= 0.3 is 8.25 Å². The van der Waals surface area contributed by atoms with E-state index in [1.165, 1.54) is 11.1 Å². The van der Waals surface area contributed by atoms with Crippen molar-refractivity contribution >= 4 is 19.8 Å². The Kier molecular flexibility index (Phi) is 11.8. The molecular formula is C24H30O5P+. The molecule has 0 spiro atoms. The molecule has 0 fully saturated rings. The van der Waals surface area contributed by atoms with E-state index in [4.69, 9.17) is 9.05 Å². The van der Waals surface area contributed by atoms with Crippen LogP contribution in [-0.4, -0.2) is 24.8 Å². The van der Waals surface area contributed by atoms with Gasteiger partial charge in [-0.05, 0) is 49.7 Å². The maximum absolute atomic E-state index is 11.8. The van der Waals surface area contributed by atoms with Gasteiger partial charge < -0.3 is 0 Å². The molecule has 0 radical (unpaired) electrons. The van der Waals surface area contributed by atoms with Crippen molar-refractivity contribution in [3.8, 4) is 0 Å². The number of hydrogen-bond acceptors (Lipinski definition) is 5. The molecule has 0 bridgehead atoms. The van der Waals surface area contributed by atoms with Crippen LogP contribution in [0.15, 0.2) is 60.7 Å². The third kappa shape index (κ3) is 11.1. The van der Waals surface area contributed by atoms with Crippen LogP contribution in [0.3, 0.4) is 0 Å². The van der Waals surface area contributed by atoms with E-state index >= 15 is 0 Å². The summed E-state index contributed by atoms with van der Waals surface area (Å²) < 4.78 is 21.6. The van der Waals surface area contributed by atoms with Gasteiger partial charge in [-0.3, -0.25) is 9.59 Å². The van der Waals surface area contributed by atoms with Crippen LogP contribution in [0.1, 0.15) is 49.7 Å². The number of rotatable bonds is 16. The minimum Gasteiger partial charge on any atom is -0.297 e. The predicted molar refractivity (Wildman–Crippen MR) is 118 cm³/mol. The summed E-state index contributed by atoms with van der Waals surface area (Å²) in [6, 6.07) is 20.2. The van der Waals surface area contributed by atoms with Crippen molar-refractivity contribution in [3.05, 3.63) is 71.8 Å². The second-order valence-corrected chi connectivity index (χ2v) is 8.20. The zero-order valence-electron chi connectivity index (χ0n) is 17.3. The number of carbonyl (C=O) groups excluding carboxylic acids is 2. The molecule has 5 nitrogen and oxygen atoms in total. The summed E-state index contributed by atoms with van der Waals surface area (Å²) in [6.45, 7) is -0.488. The van der Waals surface area contributed by atoms with Crippen molar-refractivity contribution in [2.75, 3.05) is 13.2 Å². The molecule has 2 aromatic rings. The highest BCUT2D eigenvalue weighted by Crippen LogP contribution is 2.23. The summed E-state index contributed by atoms with van der Waals surface area (Å²) in [5.41, 5.74) is 2.50. The van der Waals surface area contributed by atoms with Crippen LogP contribution >= 0.6 is 8.25 Å². The molecule has 30 heavy (non-hydrogen) atoms. The van der Waals surface area contributed by atoms with Gasteiger partial charge in [-0.15, -0.1) is 9.05 Å². The lowest BCUT2D eigenvalue weighted by Crippen LogP contribution is -2.08. The molecule has 0 aliphatic rings. The number of hydrogen-bond donors (Lipinski definition) is 0. The number of carbonyl (C=O) groups is 2. The fourth-order valence-corrected chi connectivity index (χ4v) is 3.60. The maximum atomic E-state index is 11.8. The highest BCUT2D eigenvalue weighted by molar-refractivity contribution is 7.33. The number of Topliss-reactive ketones (excluding diaryl/α,β-unsaturated/α-hetero) is 2. The molecule has 0 atom stereocenters. The van der Waals surface area contributed by atoms with Gasteiger partial charge in [0, 0.05) is 17.4 Å². The summed E-state index contributed by atoms with van der Waals surface area (Å²) in [4.78, 5) is 23.6. The van der Waals surface area contributed by atoms with Gasteiger partial charge in [0.05, 0.1) is 0 Å². The first-order chi connectivity index (χ1) is 14.6. The number of unbranched alkanes of at least 4 members (excludes halogenated alkanes) is 2. The topological polar surface area (TPSA) is 69.7 Å². The van der Waals surface area contributed by atoms with Gasteiger partial charge in [-0.25, -0.2) is 0 Å². The molecule has 0 N–H and O–H groups in total. The van der Waals surface area contributed by atoms with E-state index in [9.17, 15) is 14.2 Å². The number of aryl methyl sites for hydroxylation is 2. The van der Waals surface area contributed by atoms with Crippen molar-refractivity contribution in [1.29, 1.82) is 0 Å². The van der Waals surface area contributed by atoms with Crippen molar-refractivity contribution in [2.24, 2.45) is 0 Å². The summed E-state index contributed by atoms with van der Waals surface area (Å²) in [6.07, 6.45) is 5.98. The zero-order valence-corrected chi connectivity index (χ0v) is 18.2. The first-order valence-corrected chi connectivity index (χ1v) is 11.6. The van der Waals surface area contributed by atoms with Gasteiger partial charge in [0.1, 0.15) is 0 Å². The van der Waals surface area contributed by atoms with Crippen LogP contribution in [0.25, 0.3) is 0 Å². The second-order valence-electron chi connectivity index (χ2n) is 7.23. The molecule has 2 aromatic carbocycles. The molecule has 0 saturated carbocycles. The standard InChI is InChI=1S/C24H30O5P/c25-23(17-9-7-15-21-11-3-1-4-12-21)19-28-30(27)29-20-24(26)18-10-8-16-22-13-5-2-6-14-22/h1-6,11-14H,7-10,15-20H2/q+1. The minimum atomic E-state index is -2.45. The van der Waals surface area contributed by atoms with E-state index in [2.05, 4.69) is 24.3 Å². The molecular weight excluding hydrogens is 399 g/mol. The summed E-state index contributed by atoms with van der Waals surface area (Å²) in [5.74, 6) is -0.218. The van der Waals surface area contributed by atoms with Crippen LogP contribution in [0.5, 0.6) is 0 Å². The van der Waals surface area contributed by atoms with E-state index < -0.39 is 8.25 Å². The van der Waals surface area contributed by atoms with Crippen LogP contribution in [0.4, 0.5) is 0 Å². The second kappa shape index (κ2) is 14.7. The van der Waals surface area contributed by atoms with Gasteiger partial charge in [0.2, 0.25) is 0 Å². The molecule has 0 amide bonds. The molecule has 0 unspecified atom stereocenters. The third-order valence-corrected chi connectivity index (χ3v) is 5.37. The smallest absolute Gasteiger partial charge is 0.297 e. The molecule has 0 aromatic heterocycles. The van der Waals surface area contributed by atoms with Crippen molar-refractivity contribution in [2.45, 2.75) is 51.4 Å². The summed E-state index contributed by atoms with van der Waals surface area (Å²) in [5, 5.41) is 0. The lowest BCUT2D eigenvalue weighted by atomic mass is 10.1. The summed E-state index contributed by atoms with van der Waals surface area (Å²) >= 11 is 0. The average molecular weight is 429 g/mol. The predicted octanol–water partition coefficient (Wildman–Crippen LogP) is 5.64. The summed E-state index contributed by atoms with van der Waals surface area (Å²) in [7, 11) is -2.45. The van der Waals surface area contributed by atoms with Crippen LogP contribution in [0, 0.1) is 0 Å². The lowest BCUT2D eigenvalue weighted by Gasteiger charge is -2.01. The lowest BCUT2D eigenvalue weighted by molar-refractivity contribution is -0.121. The number of benzene rings is 2. The fourth-order valence-electron chi connectivity index (χ4n) is 3.02. The van der Waals surface area contributed by atoms with Gasteiger partial charge in [-0.1, -0.05) is 60.7 Å². The molecule has 0 aliphatic heterocycles. The Labute approximate surface area is 179 Å². The Bertz CT molecular complexity index is 711. The van der Waals surface area contributed by atoms with Crippen LogP contribution in [-0.2, 0) is 36.0 Å². The highest BCUT2D eigenvalue weighted by Gasteiger charge is 2.23. The minimum absolute atomic E-state index is 0.109. The molecule has 2 rings (SSSR count). The Morgan fingerprint density at radius 2 is 1.03 bits per heavy atom. The van der Waals surface area contributed by atoms with Crippen LogP contribution < -0.4 is 0 Å². The van der Waals surface area contributed by atoms with E-state index in [-0.39, 0.29) is 24.8 Å². The van der Waals surface area contributed by atoms with Gasteiger partial charge in [0.25, 0.3) is 0 Å². The normalized spacial score (nSPS) is 10.7. The van der Waals surface area contributed by atoms with Gasteiger partial charge in [0.15, 0.2) is 24.8 Å². The van der Waals surface area contributed by atoms with E-state index in [0.29, 0.717) is 12.8 Å². The van der Waals surface area contributed by atoms with E-state index in [0.717, 1.165) is 38.5 Å². The first-order valence-electron chi connectivity index (χ1n) is 10.5. The first kappa shape index (κ1) is 24.1. The Hall–Kier alpha value is -2.20. The molecule has 0 heterocycles. The molecule has 160 valence electrons. The van der Waals surface area contributed by atoms with E-state index in [1.54, 1.807) is 0 Å². The largest absolute Gasteiger partial charge is 0.698 e. The fraction of sp³-hybridized carbons (Fsp3) is 0.417. The van der Waals surface area contributed by atoms with E-state index in [1.807, 2.05) is 36.4 Å². The number of ketones is 2. The maximum Gasteiger partial charge on any atom is 0.698 e. The van der Waals surface area contributed by atoms with Crippen molar-refractivity contribution in [3.63, 3.8) is 0 Å². The monoisotopic (exact) mass is 429 g/mol. The quantitative estimate of drug-likeness (QED) is 0.255. The Morgan fingerprint density at radius 3 is 1.43 bits per heavy atom. The van der Waals surface area contributed by atoms with Crippen LogP contribution in [0.2, 0.25) is 0 Å². The average Bonchev–Trinajstić information content (AvgIpc) is 2.78. The molecule has 6 heteroatoms. The zero-order chi connectivity index (χ0) is 21.4. The Morgan fingerprint density at radius 1 is 0.633 bits per heavy atom. The highest BCUT2D eigenvalue weighted by atomic mass is 31.1. The van der Waals surface area contributed by atoms with Gasteiger partial charge in [-0.2, -0.15) is 0 Å². The van der Waals surface area contributed by atoms with Crippen molar-refractivity contribution in [1.82, 2.24) is 0 Å². The third-order valence-electron chi connectivity index (χ3n) is 4.69. The molecule has 0 aliphatic carbocycles.